The molecule has 0 atom stereocenters. The van der Waals surface area contributed by atoms with Crippen molar-refractivity contribution < 1.29 is 9.59 Å². The molecule has 0 radical (unpaired) electrons. The molecular weight excluding hydrogens is 182 g/mol. The molecule has 80 valence electrons. The van der Waals surface area contributed by atoms with Crippen molar-refractivity contribution in [3.8, 4) is 0 Å². The fourth-order valence-corrected chi connectivity index (χ4v) is 1.32. The minimum Gasteiger partial charge on any atom is -0.355 e. The van der Waals surface area contributed by atoms with Crippen LogP contribution in [0.4, 0.5) is 0 Å². The highest BCUT2D eigenvalue weighted by Gasteiger charge is 2.28. The summed E-state index contributed by atoms with van der Waals surface area (Å²) in [6.07, 6.45) is 0. The number of carbonyl (C=O) groups excluding carboxylic acids is 2. The third-order valence-electron chi connectivity index (χ3n) is 2.26. The molecule has 1 heterocycles. The molecule has 5 heteroatoms. The zero-order chi connectivity index (χ0) is 10.6. The average molecular weight is 199 g/mol. The molecule has 0 saturated carbocycles. The molecule has 1 aliphatic heterocycles. The van der Waals surface area contributed by atoms with Crippen LogP contribution in [0.3, 0.4) is 0 Å². The van der Waals surface area contributed by atoms with Gasteiger partial charge in [0.1, 0.15) is 0 Å². The van der Waals surface area contributed by atoms with E-state index in [-0.39, 0.29) is 24.3 Å². The van der Waals surface area contributed by atoms with E-state index in [1.54, 1.807) is 7.05 Å². The van der Waals surface area contributed by atoms with Crippen LogP contribution in [0.5, 0.6) is 0 Å². The fraction of sp³-hybridized carbons (Fsp3) is 0.778. The van der Waals surface area contributed by atoms with Gasteiger partial charge in [-0.25, -0.2) is 0 Å². The van der Waals surface area contributed by atoms with E-state index in [0.29, 0.717) is 6.54 Å². The van der Waals surface area contributed by atoms with Crippen molar-refractivity contribution >= 4 is 11.8 Å². The van der Waals surface area contributed by atoms with Crippen molar-refractivity contribution in [3.05, 3.63) is 0 Å². The summed E-state index contributed by atoms with van der Waals surface area (Å²) in [5.41, 5.74) is 0. The molecule has 1 saturated heterocycles. The summed E-state index contributed by atoms with van der Waals surface area (Å²) < 4.78 is 0. The van der Waals surface area contributed by atoms with E-state index in [1.165, 1.54) is 4.90 Å². The second-order valence-electron chi connectivity index (χ2n) is 3.50. The summed E-state index contributed by atoms with van der Waals surface area (Å²) in [5, 5.41) is 5.69. The van der Waals surface area contributed by atoms with Gasteiger partial charge in [-0.15, -0.1) is 0 Å². The Hall–Kier alpha value is -1.10. The summed E-state index contributed by atoms with van der Waals surface area (Å²) in [4.78, 5) is 24.2. The Morgan fingerprint density at radius 1 is 1.50 bits per heavy atom. The molecule has 0 bridgehead atoms. The van der Waals surface area contributed by atoms with Gasteiger partial charge in [-0.1, -0.05) is 0 Å². The lowest BCUT2D eigenvalue weighted by molar-refractivity contribution is -0.139. The van der Waals surface area contributed by atoms with Crippen LogP contribution >= 0.6 is 0 Å². The summed E-state index contributed by atoms with van der Waals surface area (Å²) in [5.74, 6) is 0.0139. The second-order valence-corrected chi connectivity index (χ2v) is 3.50. The zero-order valence-electron chi connectivity index (χ0n) is 8.67. The molecule has 2 amide bonds. The van der Waals surface area contributed by atoms with Crippen molar-refractivity contribution in [1.82, 2.24) is 15.5 Å². The number of rotatable bonds is 4. The van der Waals surface area contributed by atoms with Crippen molar-refractivity contribution in [2.45, 2.75) is 6.92 Å². The Morgan fingerprint density at radius 2 is 2.14 bits per heavy atom. The van der Waals surface area contributed by atoms with Crippen LogP contribution in [0.15, 0.2) is 0 Å². The van der Waals surface area contributed by atoms with Gasteiger partial charge < -0.3 is 15.5 Å². The number of hydrogen-bond donors (Lipinski definition) is 2. The lowest BCUT2D eigenvalue weighted by atomic mass is 10.0. The van der Waals surface area contributed by atoms with Crippen LogP contribution in [0, 0.1) is 5.92 Å². The number of nitrogens with zero attached hydrogens (tertiary/aromatic N) is 1. The smallest absolute Gasteiger partial charge is 0.239 e. The lowest BCUT2D eigenvalue weighted by Gasteiger charge is -2.29. The van der Waals surface area contributed by atoms with E-state index in [4.69, 9.17) is 0 Å². The average Bonchev–Trinajstić information content (AvgIpc) is 2.01. The van der Waals surface area contributed by atoms with Crippen molar-refractivity contribution in [3.63, 3.8) is 0 Å². The van der Waals surface area contributed by atoms with E-state index in [9.17, 15) is 9.59 Å². The molecular formula is C9H17N3O2. The van der Waals surface area contributed by atoms with E-state index in [2.05, 4.69) is 10.6 Å². The lowest BCUT2D eigenvalue weighted by Crippen LogP contribution is -2.52. The number of hydrogen-bond acceptors (Lipinski definition) is 3. The van der Waals surface area contributed by atoms with E-state index >= 15 is 0 Å². The summed E-state index contributed by atoms with van der Waals surface area (Å²) in [6.45, 7) is 4.09. The Balaban J connectivity index is 2.29. The van der Waals surface area contributed by atoms with Gasteiger partial charge in [0.25, 0.3) is 0 Å². The number of nitrogens with one attached hydrogen (secondary N) is 2. The van der Waals surface area contributed by atoms with Gasteiger partial charge in [0.15, 0.2) is 0 Å². The zero-order valence-corrected chi connectivity index (χ0v) is 8.67. The topological polar surface area (TPSA) is 61.4 Å². The first-order chi connectivity index (χ1) is 6.65. The van der Waals surface area contributed by atoms with Gasteiger partial charge in [-0.05, 0) is 6.92 Å². The van der Waals surface area contributed by atoms with Crippen molar-refractivity contribution in [1.29, 1.82) is 0 Å². The van der Waals surface area contributed by atoms with Gasteiger partial charge >= 0.3 is 0 Å². The monoisotopic (exact) mass is 199 g/mol. The maximum absolute atomic E-state index is 11.6. The maximum atomic E-state index is 11.6. The number of amides is 2. The SMILES string of the molecule is CCNC(=O)CN(C)C(=O)C1CNC1. The quantitative estimate of drug-likeness (QED) is 0.598. The van der Waals surface area contributed by atoms with Crippen LogP contribution < -0.4 is 10.6 Å². The molecule has 5 nitrogen and oxygen atoms in total. The molecule has 14 heavy (non-hydrogen) atoms. The van der Waals surface area contributed by atoms with Gasteiger partial charge in [-0.2, -0.15) is 0 Å². The Bertz CT molecular complexity index is 226. The second kappa shape index (κ2) is 4.95. The fourth-order valence-electron chi connectivity index (χ4n) is 1.32. The van der Waals surface area contributed by atoms with Gasteiger partial charge in [0, 0.05) is 26.7 Å². The van der Waals surface area contributed by atoms with Gasteiger partial charge in [0.2, 0.25) is 11.8 Å². The molecule has 0 aliphatic carbocycles. The first-order valence-corrected chi connectivity index (χ1v) is 4.87. The van der Waals surface area contributed by atoms with E-state index < -0.39 is 0 Å². The third kappa shape index (κ3) is 2.70. The van der Waals surface area contributed by atoms with Crippen LogP contribution in [0.1, 0.15) is 6.92 Å². The highest BCUT2D eigenvalue weighted by molar-refractivity contribution is 5.86. The van der Waals surface area contributed by atoms with E-state index in [1.807, 2.05) is 6.92 Å². The first-order valence-electron chi connectivity index (χ1n) is 4.87. The van der Waals surface area contributed by atoms with Gasteiger partial charge in [0.05, 0.1) is 12.5 Å². The molecule has 1 fully saturated rings. The number of carbonyl (C=O) groups is 2. The predicted octanol–water partition coefficient (Wildman–Crippen LogP) is -1.20. The van der Waals surface area contributed by atoms with Crippen LogP contribution in [0.25, 0.3) is 0 Å². The Morgan fingerprint density at radius 3 is 2.57 bits per heavy atom. The van der Waals surface area contributed by atoms with Crippen molar-refractivity contribution in [2.75, 3.05) is 33.2 Å². The van der Waals surface area contributed by atoms with Gasteiger partial charge in [-0.3, -0.25) is 9.59 Å². The Labute approximate surface area is 83.8 Å². The molecule has 0 aromatic carbocycles. The molecule has 0 aromatic rings. The Kier molecular flexibility index (Phi) is 3.88. The normalized spacial score (nSPS) is 15.9. The summed E-state index contributed by atoms with van der Waals surface area (Å²) in [6, 6.07) is 0. The molecule has 1 rings (SSSR count). The van der Waals surface area contributed by atoms with Crippen molar-refractivity contribution in [2.24, 2.45) is 5.92 Å². The third-order valence-corrected chi connectivity index (χ3v) is 2.26. The minimum absolute atomic E-state index is 0.0509. The predicted molar refractivity (Wildman–Crippen MR) is 52.7 cm³/mol. The van der Waals surface area contributed by atoms with E-state index in [0.717, 1.165) is 13.1 Å². The minimum atomic E-state index is -0.101. The highest BCUT2D eigenvalue weighted by atomic mass is 16.2. The molecule has 0 unspecified atom stereocenters. The summed E-state index contributed by atoms with van der Waals surface area (Å²) >= 11 is 0. The standard InChI is InChI=1S/C9H17N3O2/c1-3-11-8(13)6-12(2)9(14)7-4-10-5-7/h7,10H,3-6H2,1-2H3,(H,11,13). The molecule has 0 spiro atoms. The largest absolute Gasteiger partial charge is 0.355 e. The maximum Gasteiger partial charge on any atom is 0.239 e. The van der Waals surface area contributed by atoms with Crippen LogP contribution in [-0.2, 0) is 9.59 Å². The first kappa shape index (κ1) is 11.0. The molecule has 0 aromatic heterocycles. The van der Waals surface area contributed by atoms with Crippen LogP contribution in [0.2, 0.25) is 0 Å². The summed E-state index contributed by atoms with van der Waals surface area (Å²) in [7, 11) is 1.66. The molecule has 2 N–H and O–H groups in total. The van der Waals surface area contributed by atoms with Crippen LogP contribution in [-0.4, -0.2) is 49.9 Å². The number of likely N-dealkylation sites (N-methyl/N-ethyl adjacent to an activating group) is 2. The molecule has 1 aliphatic rings. The highest BCUT2D eigenvalue weighted by Crippen LogP contribution is 2.06.